The van der Waals surface area contributed by atoms with E-state index in [1.165, 1.54) is 35.7 Å². The number of benzene rings is 1. The smallest absolute Gasteiger partial charge is 0.335 e. The van der Waals surface area contributed by atoms with Gasteiger partial charge < -0.3 is 14.7 Å². The molecule has 1 N–H and O–H groups in total. The molecule has 0 bridgehead atoms. The molecule has 1 amide bonds. The summed E-state index contributed by atoms with van der Waals surface area (Å²) in [7, 11) is -2.17. The highest BCUT2D eigenvalue weighted by Crippen LogP contribution is 2.19. The monoisotopic (exact) mass is 370 g/mol. The summed E-state index contributed by atoms with van der Waals surface area (Å²) in [6.45, 7) is 3.15. The molecule has 1 aromatic carbocycles. The molecule has 1 heterocycles. The average Bonchev–Trinajstić information content (AvgIpc) is 2.61. The predicted molar refractivity (Wildman–Crippen MR) is 89.8 cm³/mol. The number of piperazine rings is 1. The van der Waals surface area contributed by atoms with Crippen molar-refractivity contribution in [2.45, 2.75) is 11.8 Å². The zero-order valence-corrected chi connectivity index (χ0v) is 15.0. The minimum absolute atomic E-state index is 0.0292. The number of hydrogen-bond donors (Lipinski definition) is 1. The molecule has 0 aliphatic carbocycles. The summed E-state index contributed by atoms with van der Waals surface area (Å²) in [5, 5.41) is 8.89. The Morgan fingerprint density at radius 2 is 1.72 bits per heavy atom. The number of carbonyl (C=O) groups excluding carboxylic acids is 1. The molecule has 9 heteroatoms. The van der Waals surface area contributed by atoms with E-state index >= 15 is 0 Å². The minimum Gasteiger partial charge on any atom is -0.478 e. The molecular weight excluding hydrogens is 348 g/mol. The highest BCUT2D eigenvalue weighted by Gasteiger charge is 2.31. The highest BCUT2D eigenvalue weighted by atomic mass is 32.2. The lowest BCUT2D eigenvalue weighted by Crippen LogP contribution is -2.52. The van der Waals surface area contributed by atoms with Crippen LogP contribution in [0.1, 0.15) is 17.3 Å². The molecule has 2 rings (SSSR count). The first-order valence-electron chi connectivity index (χ1n) is 7.88. The van der Waals surface area contributed by atoms with Gasteiger partial charge in [0.2, 0.25) is 15.9 Å². The number of rotatable bonds is 6. The molecule has 0 unspecified atom stereocenters. The summed E-state index contributed by atoms with van der Waals surface area (Å²) < 4.78 is 31.6. The molecule has 1 aromatic rings. The van der Waals surface area contributed by atoms with Crippen molar-refractivity contribution >= 4 is 21.9 Å². The molecule has 1 saturated heterocycles. The predicted octanol–water partition coefficient (Wildman–Crippen LogP) is 0.500. The molecule has 138 valence electrons. The van der Waals surface area contributed by atoms with Crippen LogP contribution in [0, 0.1) is 5.92 Å². The first-order valence-corrected chi connectivity index (χ1v) is 9.32. The Labute approximate surface area is 147 Å². The average molecular weight is 370 g/mol. The van der Waals surface area contributed by atoms with Crippen LogP contribution in [0.4, 0.5) is 0 Å². The number of ether oxygens (including phenoxy) is 1. The third kappa shape index (κ3) is 4.36. The van der Waals surface area contributed by atoms with E-state index in [9.17, 15) is 18.0 Å². The Bertz CT molecular complexity index is 723. The Morgan fingerprint density at radius 3 is 2.20 bits per heavy atom. The first-order chi connectivity index (χ1) is 11.8. The Balaban J connectivity index is 2.03. The maximum atomic E-state index is 12.6. The fraction of sp³-hybridized carbons (Fsp3) is 0.500. The van der Waals surface area contributed by atoms with E-state index in [4.69, 9.17) is 9.84 Å². The van der Waals surface area contributed by atoms with Crippen molar-refractivity contribution in [3.05, 3.63) is 29.8 Å². The van der Waals surface area contributed by atoms with Gasteiger partial charge in [-0.15, -0.1) is 0 Å². The summed E-state index contributed by atoms with van der Waals surface area (Å²) in [5.74, 6) is -1.43. The van der Waals surface area contributed by atoms with Gasteiger partial charge in [-0.1, -0.05) is 6.92 Å². The fourth-order valence-corrected chi connectivity index (χ4v) is 4.12. The lowest BCUT2D eigenvalue weighted by Gasteiger charge is -2.35. The second-order valence-corrected chi connectivity index (χ2v) is 7.85. The SMILES string of the molecule is COC[C@@H](C)C(=O)N1CCN(S(=O)(=O)c2ccc(C(=O)O)cc2)CC1. The molecule has 0 radical (unpaired) electrons. The van der Waals surface area contributed by atoms with Crippen LogP contribution in [-0.4, -0.2) is 74.5 Å². The van der Waals surface area contributed by atoms with Crippen molar-refractivity contribution in [2.24, 2.45) is 5.92 Å². The number of carboxylic acid groups (broad SMARTS) is 1. The van der Waals surface area contributed by atoms with Crippen LogP contribution in [0.2, 0.25) is 0 Å². The number of methoxy groups -OCH3 is 1. The van der Waals surface area contributed by atoms with Gasteiger partial charge in [0.15, 0.2) is 0 Å². The zero-order valence-electron chi connectivity index (χ0n) is 14.2. The highest BCUT2D eigenvalue weighted by molar-refractivity contribution is 7.89. The van der Waals surface area contributed by atoms with E-state index in [1.54, 1.807) is 11.8 Å². The van der Waals surface area contributed by atoms with Gasteiger partial charge in [-0.2, -0.15) is 4.31 Å². The maximum absolute atomic E-state index is 12.6. The largest absolute Gasteiger partial charge is 0.478 e. The van der Waals surface area contributed by atoms with Crippen LogP contribution in [0.5, 0.6) is 0 Å². The molecule has 8 nitrogen and oxygen atoms in total. The number of sulfonamides is 1. The molecule has 1 fully saturated rings. The number of hydrogen-bond acceptors (Lipinski definition) is 5. The molecule has 1 atom stereocenters. The normalized spacial score (nSPS) is 17.3. The van der Waals surface area contributed by atoms with Crippen LogP contribution in [0.25, 0.3) is 0 Å². The van der Waals surface area contributed by atoms with Crippen LogP contribution in [0.3, 0.4) is 0 Å². The third-order valence-electron chi connectivity index (χ3n) is 4.13. The number of nitrogens with zero attached hydrogens (tertiary/aromatic N) is 2. The molecule has 0 spiro atoms. The third-order valence-corrected chi connectivity index (χ3v) is 6.04. The number of carboxylic acids is 1. The van der Waals surface area contributed by atoms with Gasteiger partial charge in [0.1, 0.15) is 0 Å². The summed E-state index contributed by atoms with van der Waals surface area (Å²) in [6, 6.07) is 5.11. The molecule has 25 heavy (non-hydrogen) atoms. The second kappa shape index (κ2) is 7.94. The van der Waals surface area contributed by atoms with E-state index in [0.717, 1.165) is 0 Å². The van der Waals surface area contributed by atoms with Gasteiger partial charge in [0.25, 0.3) is 0 Å². The van der Waals surface area contributed by atoms with E-state index in [-0.39, 0.29) is 35.4 Å². The molecule has 1 aliphatic heterocycles. The van der Waals surface area contributed by atoms with Gasteiger partial charge in [-0.05, 0) is 24.3 Å². The fourth-order valence-electron chi connectivity index (χ4n) is 2.70. The van der Waals surface area contributed by atoms with Crippen molar-refractivity contribution in [2.75, 3.05) is 39.9 Å². The second-order valence-electron chi connectivity index (χ2n) is 5.92. The van der Waals surface area contributed by atoms with E-state index in [0.29, 0.717) is 19.7 Å². The van der Waals surface area contributed by atoms with Crippen LogP contribution in [0.15, 0.2) is 29.2 Å². The number of amides is 1. The Kier molecular flexibility index (Phi) is 6.15. The molecular formula is C16H22N2O6S. The van der Waals surface area contributed by atoms with E-state index in [1.807, 2.05) is 0 Å². The van der Waals surface area contributed by atoms with Crippen molar-refractivity contribution < 1.29 is 27.9 Å². The summed E-state index contributed by atoms with van der Waals surface area (Å²) in [5.41, 5.74) is 0.0292. The van der Waals surface area contributed by atoms with Gasteiger partial charge in [-0.25, -0.2) is 13.2 Å². The van der Waals surface area contributed by atoms with Gasteiger partial charge in [0, 0.05) is 33.3 Å². The van der Waals surface area contributed by atoms with Crippen LogP contribution < -0.4 is 0 Å². The maximum Gasteiger partial charge on any atom is 0.335 e. The quantitative estimate of drug-likeness (QED) is 0.782. The Morgan fingerprint density at radius 1 is 1.16 bits per heavy atom. The molecule has 1 aliphatic rings. The lowest BCUT2D eigenvalue weighted by atomic mass is 10.1. The number of carbonyl (C=O) groups is 2. The lowest BCUT2D eigenvalue weighted by molar-refractivity contribution is -0.137. The molecule has 0 saturated carbocycles. The summed E-state index contributed by atoms with van der Waals surface area (Å²) >= 11 is 0. The van der Waals surface area contributed by atoms with Gasteiger partial charge in [-0.3, -0.25) is 4.79 Å². The Hall–Kier alpha value is -1.97. The van der Waals surface area contributed by atoms with Crippen molar-refractivity contribution in [1.29, 1.82) is 0 Å². The van der Waals surface area contributed by atoms with Crippen LogP contribution >= 0.6 is 0 Å². The number of aromatic carboxylic acids is 1. The summed E-state index contributed by atoms with van der Waals surface area (Å²) in [4.78, 5) is 24.8. The van der Waals surface area contributed by atoms with E-state index < -0.39 is 16.0 Å². The summed E-state index contributed by atoms with van der Waals surface area (Å²) in [6.07, 6.45) is 0. The standard InChI is InChI=1S/C16H22N2O6S/c1-12(11-24-2)15(19)17-7-9-18(10-8-17)25(22,23)14-5-3-13(4-6-14)16(20)21/h3-6,12H,7-11H2,1-2H3,(H,20,21)/t12-/m1/s1. The first kappa shape index (κ1) is 19.4. The van der Waals surface area contributed by atoms with Crippen LogP contribution in [-0.2, 0) is 19.6 Å². The van der Waals surface area contributed by atoms with Gasteiger partial charge >= 0.3 is 5.97 Å². The van der Waals surface area contributed by atoms with Crippen molar-refractivity contribution in [3.63, 3.8) is 0 Å². The molecule has 0 aromatic heterocycles. The topological polar surface area (TPSA) is 104 Å². The van der Waals surface area contributed by atoms with Crippen molar-refractivity contribution in [3.8, 4) is 0 Å². The van der Waals surface area contributed by atoms with Crippen molar-refractivity contribution in [1.82, 2.24) is 9.21 Å². The van der Waals surface area contributed by atoms with Gasteiger partial charge in [0.05, 0.1) is 23.0 Å². The zero-order chi connectivity index (χ0) is 18.6. The van der Waals surface area contributed by atoms with E-state index in [2.05, 4.69) is 0 Å². The minimum atomic E-state index is -3.71.